The third-order valence-corrected chi connectivity index (χ3v) is 4.13. The Hall–Kier alpha value is -3.48. The molecule has 3 rings (SSSR count). The van der Waals surface area contributed by atoms with Crippen LogP contribution in [0.4, 0.5) is 15.9 Å². The fourth-order valence-corrected chi connectivity index (χ4v) is 2.64. The van der Waals surface area contributed by atoms with Crippen molar-refractivity contribution in [3.05, 3.63) is 77.2 Å². The molecule has 2 N–H and O–H groups in total. The topological polar surface area (TPSA) is 76.1 Å². The first-order chi connectivity index (χ1) is 13.5. The molecule has 0 saturated heterocycles. The van der Waals surface area contributed by atoms with Gasteiger partial charge in [0.05, 0.1) is 12.8 Å². The van der Waals surface area contributed by atoms with Gasteiger partial charge in [-0.05, 0) is 60.9 Å². The molecule has 0 radical (unpaired) electrons. The lowest BCUT2D eigenvalue weighted by Crippen LogP contribution is -2.16. The highest BCUT2D eigenvalue weighted by atomic mass is 19.1. The van der Waals surface area contributed by atoms with Gasteiger partial charge in [-0.3, -0.25) is 4.79 Å². The number of ether oxygens (including phenoxy) is 1. The maximum absolute atomic E-state index is 12.9. The molecule has 6 nitrogen and oxygen atoms in total. The van der Waals surface area contributed by atoms with Gasteiger partial charge < -0.3 is 15.4 Å². The highest BCUT2D eigenvalue weighted by Crippen LogP contribution is 2.25. The van der Waals surface area contributed by atoms with E-state index in [4.69, 9.17) is 4.74 Å². The number of hydrogen-bond donors (Lipinski definition) is 2. The van der Waals surface area contributed by atoms with E-state index in [1.165, 1.54) is 12.1 Å². The van der Waals surface area contributed by atoms with E-state index in [2.05, 4.69) is 20.8 Å². The molecule has 0 aliphatic carbocycles. The molecule has 0 aliphatic heterocycles. The molecule has 0 unspecified atom stereocenters. The predicted octanol–water partition coefficient (Wildman–Crippen LogP) is 3.84. The number of aromatic nitrogens is 2. The molecular weight excluding hydrogens is 359 g/mol. The zero-order chi connectivity index (χ0) is 19.9. The van der Waals surface area contributed by atoms with E-state index in [1.54, 1.807) is 37.4 Å². The molecule has 1 aromatic heterocycles. The van der Waals surface area contributed by atoms with Gasteiger partial charge in [-0.2, -0.15) is 0 Å². The number of halogens is 1. The quantitative estimate of drug-likeness (QED) is 0.651. The van der Waals surface area contributed by atoms with Gasteiger partial charge >= 0.3 is 0 Å². The summed E-state index contributed by atoms with van der Waals surface area (Å²) in [6.07, 6.45) is 0.720. The van der Waals surface area contributed by atoms with Crippen LogP contribution in [0.25, 0.3) is 0 Å². The minimum atomic E-state index is -0.366. The minimum absolute atomic E-state index is 0.202. The Kier molecular flexibility index (Phi) is 6.16. The Balaban J connectivity index is 1.57. The van der Waals surface area contributed by atoms with Crippen LogP contribution in [0.3, 0.4) is 0 Å². The van der Waals surface area contributed by atoms with Crippen LogP contribution in [-0.4, -0.2) is 29.8 Å². The van der Waals surface area contributed by atoms with Gasteiger partial charge in [-0.15, -0.1) is 10.2 Å². The fourth-order valence-electron chi connectivity index (χ4n) is 2.64. The van der Waals surface area contributed by atoms with Crippen molar-refractivity contribution in [1.82, 2.24) is 10.2 Å². The summed E-state index contributed by atoms with van der Waals surface area (Å²) in [5.74, 6) is 0.520. The van der Waals surface area contributed by atoms with Crippen LogP contribution in [0.2, 0.25) is 0 Å². The molecule has 0 bridgehead atoms. The predicted molar refractivity (Wildman–Crippen MR) is 106 cm³/mol. The fraction of sp³-hybridized carbons (Fsp3) is 0.190. The first kappa shape index (κ1) is 19.3. The SMILES string of the molecule is COc1ccc(C)cc1NC(=O)c1ccc(NCCc2ccc(F)cc2)nn1. The third-order valence-electron chi connectivity index (χ3n) is 4.13. The number of anilines is 2. The molecule has 0 spiro atoms. The number of rotatable bonds is 7. The molecule has 144 valence electrons. The maximum atomic E-state index is 12.9. The van der Waals surface area contributed by atoms with Crippen molar-refractivity contribution in [3.8, 4) is 5.75 Å². The Labute approximate surface area is 162 Å². The number of hydrogen-bond acceptors (Lipinski definition) is 5. The molecule has 3 aromatic rings. The van der Waals surface area contributed by atoms with Gasteiger partial charge in [-0.1, -0.05) is 18.2 Å². The number of amides is 1. The summed E-state index contributed by atoms with van der Waals surface area (Å²) in [7, 11) is 1.55. The van der Waals surface area contributed by atoms with Crippen LogP contribution in [0.1, 0.15) is 21.6 Å². The molecular formula is C21H21FN4O2. The molecule has 1 heterocycles. The standard InChI is InChI=1S/C21H21FN4O2/c1-14-3-9-19(28-2)18(13-14)24-21(27)17-8-10-20(26-25-17)23-12-11-15-4-6-16(22)7-5-15/h3-10,13H,11-12H2,1-2H3,(H,23,26)(H,24,27). The van der Waals surface area contributed by atoms with E-state index in [9.17, 15) is 9.18 Å². The first-order valence-corrected chi connectivity index (χ1v) is 8.83. The zero-order valence-electron chi connectivity index (χ0n) is 15.7. The molecule has 0 aliphatic rings. The number of benzene rings is 2. The number of nitrogens with zero attached hydrogens (tertiary/aromatic N) is 2. The molecule has 2 aromatic carbocycles. The number of carbonyl (C=O) groups is 1. The Morgan fingerprint density at radius 3 is 2.54 bits per heavy atom. The van der Waals surface area contributed by atoms with Gasteiger partial charge in [0.2, 0.25) is 0 Å². The van der Waals surface area contributed by atoms with E-state index >= 15 is 0 Å². The summed E-state index contributed by atoms with van der Waals surface area (Å²) in [6, 6.07) is 15.2. The summed E-state index contributed by atoms with van der Waals surface area (Å²) in [5.41, 5.74) is 2.80. The van der Waals surface area contributed by atoms with Crippen molar-refractivity contribution < 1.29 is 13.9 Å². The van der Waals surface area contributed by atoms with Gasteiger partial charge in [0.1, 0.15) is 17.4 Å². The molecule has 28 heavy (non-hydrogen) atoms. The van der Waals surface area contributed by atoms with E-state index in [1.807, 2.05) is 19.1 Å². The van der Waals surface area contributed by atoms with E-state index in [0.717, 1.165) is 17.5 Å². The Morgan fingerprint density at radius 1 is 1.07 bits per heavy atom. The van der Waals surface area contributed by atoms with Crippen molar-refractivity contribution >= 4 is 17.4 Å². The van der Waals surface area contributed by atoms with Crippen molar-refractivity contribution in [2.24, 2.45) is 0 Å². The van der Waals surface area contributed by atoms with Gasteiger partial charge in [-0.25, -0.2) is 4.39 Å². The molecule has 0 atom stereocenters. The molecule has 1 amide bonds. The summed E-state index contributed by atoms with van der Waals surface area (Å²) in [5, 5.41) is 13.9. The average Bonchev–Trinajstić information content (AvgIpc) is 2.70. The monoisotopic (exact) mass is 380 g/mol. The van der Waals surface area contributed by atoms with Crippen LogP contribution in [-0.2, 0) is 6.42 Å². The molecule has 0 saturated carbocycles. The normalized spacial score (nSPS) is 10.4. The van der Waals surface area contributed by atoms with Crippen LogP contribution < -0.4 is 15.4 Å². The summed E-state index contributed by atoms with van der Waals surface area (Å²) >= 11 is 0. The van der Waals surface area contributed by atoms with E-state index < -0.39 is 0 Å². The lowest BCUT2D eigenvalue weighted by molar-refractivity contribution is 0.102. The lowest BCUT2D eigenvalue weighted by atomic mass is 10.1. The van der Waals surface area contributed by atoms with Crippen molar-refractivity contribution in [1.29, 1.82) is 0 Å². The molecule has 7 heteroatoms. The van der Waals surface area contributed by atoms with Crippen molar-refractivity contribution in [2.45, 2.75) is 13.3 Å². The highest BCUT2D eigenvalue weighted by Gasteiger charge is 2.12. The summed E-state index contributed by atoms with van der Waals surface area (Å²) < 4.78 is 18.2. The van der Waals surface area contributed by atoms with Crippen LogP contribution >= 0.6 is 0 Å². The van der Waals surface area contributed by atoms with Crippen LogP contribution in [0.15, 0.2) is 54.6 Å². The van der Waals surface area contributed by atoms with Crippen LogP contribution in [0, 0.1) is 12.7 Å². The van der Waals surface area contributed by atoms with Crippen molar-refractivity contribution in [3.63, 3.8) is 0 Å². The van der Waals surface area contributed by atoms with Gasteiger partial charge in [0, 0.05) is 6.54 Å². The third kappa shape index (κ3) is 5.03. The second kappa shape index (κ2) is 8.94. The second-order valence-corrected chi connectivity index (χ2v) is 6.26. The number of methoxy groups -OCH3 is 1. The summed E-state index contributed by atoms with van der Waals surface area (Å²) in [6.45, 7) is 2.55. The van der Waals surface area contributed by atoms with Crippen LogP contribution in [0.5, 0.6) is 5.75 Å². The number of aryl methyl sites for hydroxylation is 1. The lowest BCUT2D eigenvalue weighted by Gasteiger charge is -2.11. The Bertz CT molecular complexity index is 944. The van der Waals surface area contributed by atoms with Gasteiger partial charge in [0.15, 0.2) is 5.69 Å². The summed E-state index contributed by atoms with van der Waals surface area (Å²) in [4.78, 5) is 12.4. The number of nitrogens with one attached hydrogen (secondary N) is 2. The average molecular weight is 380 g/mol. The van der Waals surface area contributed by atoms with Gasteiger partial charge in [0.25, 0.3) is 5.91 Å². The van der Waals surface area contributed by atoms with E-state index in [0.29, 0.717) is 23.8 Å². The highest BCUT2D eigenvalue weighted by molar-refractivity contribution is 6.03. The maximum Gasteiger partial charge on any atom is 0.276 e. The largest absolute Gasteiger partial charge is 0.495 e. The smallest absolute Gasteiger partial charge is 0.276 e. The first-order valence-electron chi connectivity index (χ1n) is 8.83. The minimum Gasteiger partial charge on any atom is -0.495 e. The van der Waals surface area contributed by atoms with Crippen molar-refractivity contribution in [2.75, 3.05) is 24.3 Å². The Morgan fingerprint density at radius 2 is 1.86 bits per heavy atom. The number of carbonyl (C=O) groups excluding carboxylic acids is 1. The second-order valence-electron chi connectivity index (χ2n) is 6.26. The van der Waals surface area contributed by atoms with E-state index in [-0.39, 0.29) is 17.4 Å². The zero-order valence-corrected chi connectivity index (χ0v) is 15.7. The molecule has 0 fully saturated rings.